The molecule has 0 aliphatic carbocycles. The summed E-state index contributed by atoms with van der Waals surface area (Å²) in [5.41, 5.74) is 1.50. The van der Waals surface area contributed by atoms with Gasteiger partial charge in [-0.2, -0.15) is 10.2 Å². The van der Waals surface area contributed by atoms with Crippen LogP contribution in [0.5, 0.6) is 0 Å². The van der Waals surface area contributed by atoms with Gasteiger partial charge in [0.2, 0.25) is 10.0 Å². The van der Waals surface area contributed by atoms with Crippen LogP contribution in [-0.4, -0.2) is 34.9 Å². The zero-order chi connectivity index (χ0) is 13.2. The molecule has 0 unspecified atom stereocenters. The van der Waals surface area contributed by atoms with Gasteiger partial charge in [0.15, 0.2) is 0 Å². The average Bonchev–Trinajstić information content (AvgIpc) is 2.88. The minimum absolute atomic E-state index is 0.188. The SMILES string of the molecule is Cc1[nH]ncc1S(=O)(=O)NCCc1ccnn1C. The van der Waals surface area contributed by atoms with Gasteiger partial charge in [-0.1, -0.05) is 0 Å². The highest BCUT2D eigenvalue weighted by Crippen LogP contribution is 2.10. The smallest absolute Gasteiger partial charge is 0.243 e. The fraction of sp³-hybridized carbons (Fsp3) is 0.400. The van der Waals surface area contributed by atoms with Gasteiger partial charge in [-0.05, 0) is 13.0 Å². The van der Waals surface area contributed by atoms with E-state index in [0.717, 1.165) is 5.69 Å². The maximum atomic E-state index is 11.9. The number of hydrogen-bond acceptors (Lipinski definition) is 4. The number of aromatic nitrogens is 4. The van der Waals surface area contributed by atoms with E-state index in [9.17, 15) is 8.42 Å². The van der Waals surface area contributed by atoms with E-state index in [1.165, 1.54) is 6.20 Å². The van der Waals surface area contributed by atoms with Gasteiger partial charge in [0.05, 0.1) is 11.9 Å². The Kier molecular flexibility index (Phi) is 3.48. The van der Waals surface area contributed by atoms with Crippen molar-refractivity contribution in [3.63, 3.8) is 0 Å². The molecular formula is C10H15N5O2S. The number of sulfonamides is 1. The molecule has 0 saturated carbocycles. The molecule has 0 fully saturated rings. The Morgan fingerprint density at radius 2 is 2.28 bits per heavy atom. The van der Waals surface area contributed by atoms with Crippen molar-refractivity contribution in [3.8, 4) is 0 Å². The second kappa shape index (κ2) is 4.91. The number of nitrogens with one attached hydrogen (secondary N) is 2. The summed E-state index contributed by atoms with van der Waals surface area (Å²) in [4.78, 5) is 0.188. The van der Waals surface area contributed by atoms with Gasteiger partial charge in [0.1, 0.15) is 4.90 Å². The Balaban J connectivity index is 1.99. The molecule has 98 valence electrons. The summed E-state index contributed by atoms with van der Waals surface area (Å²) in [6, 6.07) is 1.86. The molecule has 2 N–H and O–H groups in total. The molecule has 0 radical (unpaired) electrons. The number of hydrogen-bond donors (Lipinski definition) is 2. The molecule has 2 aromatic heterocycles. The minimum atomic E-state index is -3.49. The summed E-state index contributed by atoms with van der Waals surface area (Å²) >= 11 is 0. The Labute approximate surface area is 105 Å². The number of aryl methyl sites for hydroxylation is 2. The van der Waals surface area contributed by atoms with Crippen molar-refractivity contribution in [2.24, 2.45) is 7.05 Å². The lowest BCUT2D eigenvalue weighted by molar-refractivity contribution is 0.579. The topological polar surface area (TPSA) is 92.7 Å². The number of H-pyrrole nitrogens is 1. The largest absolute Gasteiger partial charge is 0.281 e. The summed E-state index contributed by atoms with van der Waals surface area (Å²) in [6.07, 6.45) is 3.58. The highest BCUT2D eigenvalue weighted by molar-refractivity contribution is 7.89. The van der Waals surface area contributed by atoms with Crippen LogP contribution in [0, 0.1) is 6.92 Å². The molecule has 2 heterocycles. The second-order valence-electron chi connectivity index (χ2n) is 3.95. The molecule has 7 nitrogen and oxygen atoms in total. The van der Waals surface area contributed by atoms with Gasteiger partial charge >= 0.3 is 0 Å². The first-order valence-electron chi connectivity index (χ1n) is 5.47. The Bertz CT molecular complexity index is 628. The number of aromatic amines is 1. The van der Waals surface area contributed by atoms with Gasteiger partial charge in [0.25, 0.3) is 0 Å². The Morgan fingerprint density at radius 3 is 2.83 bits per heavy atom. The van der Waals surface area contributed by atoms with Crippen LogP contribution in [0.2, 0.25) is 0 Å². The van der Waals surface area contributed by atoms with Crippen molar-refractivity contribution >= 4 is 10.0 Å². The maximum absolute atomic E-state index is 11.9. The summed E-state index contributed by atoms with van der Waals surface area (Å²) in [5.74, 6) is 0. The highest BCUT2D eigenvalue weighted by Gasteiger charge is 2.17. The molecule has 8 heteroatoms. The minimum Gasteiger partial charge on any atom is -0.281 e. The molecule has 0 atom stereocenters. The quantitative estimate of drug-likeness (QED) is 0.797. The summed E-state index contributed by atoms with van der Waals surface area (Å²) in [7, 11) is -1.66. The van der Waals surface area contributed by atoms with Gasteiger partial charge in [0, 0.05) is 31.9 Å². The zero-order valence-corrected chi connectivity index (χ0v) is 11.0. The van der Waals surface area contributed by atoms with Crippen LogP contribution in [0.15, 0.2) is 23.4 Å². The molecule has 0 saturated heterocycles. The predicted octanol–water partition coefficient (Wildman–Crippen LogP) is -0.0274. The van der Waals surface area contributed by atoms with Gasteiger partial charge in [-0.15, -0.1) is 0 Å². The zero-order valence-electron chi connectivity index (χ0n) is 10.2. The van der Waals surface area contributed by atoms with Crippen LogP contribution in [0.25, 0.3) is 0 Å². The van der Waals surface area contributed by atoms with E-state index in [1.54, 1.807) is 17.8 Å². The molecular weight excluding hydrogens is 254 g/mol. The van der Waals surface area contributed by atoms with Crippen molar-refractivity contribution in [3.05, 3.63) is 29.8 Å². The second-order valence-corrected chi connectivity index (χ2v) is 5.69. The Hall–Kier alpha value is -1.67. The standard InChI is InChI=1S/C10H15N5O2S/c1-8-10(7-11-14-8)18(16,17)13-6-4-9-3-5-12-15(9)2/h3,5,7,13H,4,6H2,1-2H3,(H,11,14). The fourth-order valence-electron chi connectivity index (χ4n) is 1.65. The lowest BCUT2D eigenvalue weighted by Gasteiger charge is -2.05. The predicted molar refractivity (Wildman–Crippen MR) is 65.4 cm³/mol. The molecule has 0 bridgehead atoms. The van der Waals surface area contributed by atoms with Crippen LogP contribution < -0.4 is 4.72 Å². The maximum Gasteiger partial charge on any atom is 0.243 e. The van der Waals surface area contributed by atoms with E-state index in [0.29, 0.717) is 18.7 Å². The molecule has 0 aliphatic rings. The van der Waals surface area contributed by atoms with Gasteiger partial charge in [-0.3, -0.25) is 9.78 Å². The lowest BCUT2D eigenvalue weighted by Crippen LogP contribution is -2.26. The van der Waals surface area contributed by atoms with E-state index in [2.05, 4.69) is 20.0 Å². The van der Waals surface area contributed by atoms with E-state index < -0.39 is 10.0 Å². The number of rotatable bonds is 5. The van der Waals surface area contributed by atoms with Crippen molar-refractivity contribution < 1.29 is 8.42 Å². The average molecular weight is 269 g/mol. The van der Waals surface area contributed by atoms with E-state index in [1.807, 2.05) is 13.1 Å². The summed E-state index contributed by atoms with van der Waals surface area (Å²) in [5, 5.41) is 10.3. The third-order valence-corrected chi connectivity index (χ3v) is 4.24. The number of nitrogens with zero attached hydrogens (tertiary/aromatic N) is 3. The molecule has 0 aliphatic heterocycles. The first kappa shape index (κ1) is 12.8. The third kappa shape index (κ3) is 2.59. The summed E-state index contributed by atoms with van der Waals surface area (Å²) in [6.45, 7) is 2.00. The van der Waals surface area contributed by atoms with E-state index in [-0.39, 0.29) is 4.90 Å². The Morgan fingerprint density at radius 1 is 1.50 bits per heavy atom. The molecule has 0 aromatic carbocycles. The molecule has 2 aromatic rings. The normalized spacial score (nSPS) is 11.9. The van der Waals surface area contributed by atoms with E-state index in [4.69, 9.17) is 0 Å². The highest BCUT2D eigenvalue weighted by atomic mass is 32.2. The first-order chi connectivity index (χ1) is 8.50. The van der Waals surface area contributed by atoms with Gasteiger partial charge < -0.3 is 0 Å². The van der Waals surface area contributed by atoms with E-state index >= 15 is 0 Å². The van der Waals surface area contributed by atoms with Crippen LogP contribution in [0.1, 0.15) is 11.4 Å². The van der Waals surface area contributed by atoms with Crippen LogP contribution in [0.3, 0.4) is 0 Å². The molecule has 2 rings (SSSR count). The lowest BCUT2D eigenvalue weighted by atomic mass is 10.3. The fourth-order valence-corrected chi connectivity index (χ4v) is 2.81. The van der Waals surface area contributed by atoms with Crippen molar-refractivity contribution in [1.82, 2.24) is 24.7 Å². The third-order valence-electron chi connectivity index (χ3n) is 2.67. The molecule has 0 amide bonds. The first-order valence-corrected chi connectivity index (χ1v) is 6.95. The van der Waals surface area contributed by atoms with Gasteiger partial charge in [-0.25, -0.2) is 13.1 Å². The monoisotopic (exact) mass is 269 g/mol. The van der Waals surface area contributed by atoms with Crippen molar-refractivity contribution in [2.75, 3.05) is 6.54 Å². The van der Waals surface area contributed by atoms with Crippen molar-refractivity contribution in [1.29, 1.82) is 0 Å². The van der Waals surface area contributed by atoms with Crippen LogP contribution >= 0.6 is 0 Å². The van der Waals surface area contributed by atoms with Crippen LogP contribution in [0.4, 0.5) is 0 Å². The molecule has 0 spiro atoms. The summed E-state index contributed by atoms with van der Waals surface area (Å²) < 4.78 is 28.1. The van der Waals surface area contributed by atoms with Crippen molar-refractivity contribution in [2.45, 2.75) is 18.2 Å². The van der Waals surface area contributed by atoms with Crippen LogP contribution in [-0.2, 0) is 23.5 Å². The molecule has 18 heavy (non-hydrogen) atoms.